The quantitative estimate of drug-likeness (QED) is 0.782. The number of amides is 1. The minimum atomic E-state index is 0.0569. The number of halogens is 2. The van der Waals surface area contributed by atoms with Crippen LogP contribution in [0.1, 0.15) is 23.2 Å². The molecule has 0 spiro atoms. The number of ether oxygens (including phenoxy) is 1. The normalized spacial score (nSPS) is 16.6. The van der Waals surface area contributed by atoms with Crippen molar-refractivity contribution in [3.05, 3.63) is 34.9 Å². The maximum absolute atomic E-state index is 12.3. The van der Waals surface area contributed by atoms with Gasteiger partial charge in [-0.05, 0) is 31.0 Å². The molecule has 0 saturated carbocycles. The summed E-state index contributed by atoms with van der Waals surface area (Å²) in [5.41, 5.74) is 0.660. The summed E-state index contributed by atoms with van der Waals surface area (Å²) in [6.45, 7) is 2.23. The molecule has 1 fully saturated rings. The van der Waals surface area contributed by atoms with E-state index in [1.807, 2.05) is 11.0 Å². The van der Waals surface area contributed by atoms with Crippen molar-refractivity contribution in [2.45, 2.75) is 18.9 Å². The molecule has 1 aromatic rings. The summed E-state index contributed by atoms with van der Waals surface area (Å²) in [6, 6.07) is 7.11. The van der Waals surface area contributed by atoms with Gasteiger partial charge in [0, 0.05) is 29.0 Å². The first-order valence-corrected chi connectivity index (χ1v) is 7.93. The van der Waals surface area contributed by atoms with E-state index in [4.69, 9.17) is 16.3 Å². The van der Waals surface area contributed by atoms with Crippen molar-refractivity contribution in [3.8, 4) is 0 Å². The van der Waals surface area contributed by atoms with E-state index in [0.717, 1.165) is 37.9 Å². The second kappa shape index (κ2) is 7.27. The average Bonchev–Trinajstić information content (AvgIpc) is 2.45. The molecule has 1 aliphatic rings. The average molecular weight is 347 g/mol. The highest BCUT2D eigenvalue weighted by molar-refractivity contribution is 9.09. The van der Waals surface area contributed by atoms with Crippen molar-refractivity contribution in [2.24, 2.45) is 0 Å². The van der Waals surface area contributed by atoms with Crippen molar-refractivity contribution in [1.29, 1.82) is 0 Å². The predicted octanol–water partition coefficient (Wildman–Crippen LogP) is 3.36. The lowest BCUT2D eigenvalue weighted by atomic mass is 10.1. The fraction of sp³-hybridized carbons (Fsp3) is 0.500. The van der Waals surface area contributed by atoms with E-state index in [1.54, 1.807) is 18.2 Å². The molecule has 1 saturated heterocycles. The van der Waals surface area contributed by atoms with E-state index in [-0.39, 0.29) is 12.0 Å². The van der Waals surface area contributed by atoms with E-state index < -0.39 is 0 Å². The van der Waals surface area contributed by atoms with Gasteiger partial charge < -0.3 is 9.64 Å². The molecule has 3 nitrogen and oxygen atoms in total. The third-order valence-electron chi connectivity index (χ3n) is 3.23. The Morgan fingerprint density at radius 1 is 1.42 bits per heavy atom. The minimum Gasteiger partial charge on any atom is -0.377 e. The molecule has 104 valence electrons. The summed E-state index contributed by atoms with van der Waals surface area (Å²) in [4.78, 5) is 14.2. The molecule has 5 heteroatoms. The van der Waals surface area contributed by atoms with Crippen LogP contribution in [0.4, 0.5) is 0 Å². The van der Waals surface area contributed by atoms with Crippen LogP contribution in [0.25, 0.3) is 0 Å². The van der Waals surface area contributed by atoms with E-state index in [0.29, 0.717) is 10.6 Å². The van der Waals surface area contributed by atoms with Crippen molar-refractivity contribution in [1.82, 2.24) is 4.90 Å². The van der Waals surface area contributed by atoms with Crippen molar-refractivity contribution < 1.29 is 9.53 Å². The molecule has 0 N–H and O–H groups in total. The summed E-state index contributed by atoms with van der Waals surface area (Å²) in [5.74, 6) is 0.0569. The maximum atomic E-state index is 12.3. The molecule has 1 aromatic carbocycles. The molecule has 1 amide bonds. The number of carbonyl (C=O) groups is 1. The van der Waals surface area contributed by atoms with Crippen LogP contribution >= 0.6 is 27.5 Å². The predicted molar refractivity (Wildman–Crippen MR) is 80.1 cm³/mol. The van der Waals surface area contributed by atoms with Gasteiger partial charge in [0.2, 0.25) is 0 Å². The van der Waals surface area contributed by atoms with Gasteiger partial charge >= 0.3 is 0 Å². The van der Waals surface area contributed by atoms with Crippen LogP contribution in [0.2, 0.25) is 5.02 Å². The first kappa shape index (κ1) is 14.8. The van der Waals surface area contributed by atoms with Gasteiger partial charge in [-0.1, -0.05) is 33.6 Å². The van der Waals surface area contributed by atoms with Crippen LogP contribution in [0.15, 0.2) is 24.3 Å². The number of rotatable bonds is 4. The Morgan fingerprint density at radius 3 is 2.79 bits per heavy atom. The number of likely N-dealkylation sites (tertiary alicyclic amines) is 1. The van der Waals surface area contributed by atoms with Crippen LogP contribution in [-0.4, -0.2) is 41.9 Å². The Labute approximate surface area is 127 Å². The molecule has 0 aromatic heterocycles. The molecule has 0 bridgehead atoms. The first-order chi connectivity index (χ1) is 9.20. The maximum Gasteiger partial charge on any atom is 0.253 e. The van der Waals surface area contributed by atoms with Gasteiger partial charge in [-0.2, -0.15) is 0 Å². The number of hydrogen-bond donors (Lipinski definition) is 0. The summed E-state index contributed by atoms with van der Waals surface area (Å²) in [5, 5.41) is 1.45. The van der Waals surface area contributed by atoms with Crippen molar-refractivity contribution >= 4 is 33.4 Å². The lowest BCUT2D eigenvalue weighted by Crippen LogP contribution is -2.41. The summed E-state index contributed by atoms with van der Waals surface area (Å²) < 4.78 is 5.68. The second-order valence-corrected chi connectivity index (χ2v) is 5.79. The molecular formula is C14H17BrClNO2. The molecule has 0 aliphatic carbocycles. The Morgan fingerprint density at radius 2 is 2.16 bits per heavy atom. The lowest BCUT2D eigenvalue weighted by molar-refractivity contribution is 0.0160. The van der Waals surface area contributed by atoms with Gasteiger partial charge in [-0.3, -0.25) is 4.79 Å². The number of piperidine rings is 1. The SMILES string of the molecule is O=C(c1cccc(Cl)c1)N1CCC(OCCBr)CC1. The zero-order chi connectivity index (χ0) is 13.7. The highest BCUT2D eigenvalue weighted by Gasteiger charge is 2.23. The highest BCUT2D eigenvalue weighted by Crippen LogP contribution is 2.18. The number of alkyl halides is 1. The van der Waals surface area contributed by atoms with Gasteiger partial charge in [0.15, 0.2) is 0 Å². The number of benzene rings is 1. The van der Waals surface area contributed by atoms with E-state index in [1.165, 1.54) is 0 Å². The lowest BCUT2D eigenvalue weighted by Gasteiger charge is -2.32. The van der Waals surface area contributed by atoms with E-state index in [2.05, 4.69) is 15.9 Å². The summed E-state index contributed by atoms with van der Waals surface area (Å²) in [7, 11) is 0. The first-order valence-electron chi connectivity index (χ1n) is 6.43. The molecule has 19 heavy (non-hydrogen) atoms. The fourth-order valence-electron chi connectivity index (χ4n) is 2.24. The number of nitrogens with zero attached hydrogens (tertiary/aromatic N) is 1. The van der Waals surface area contributed by atoms with Gasteiger partial charge in [-0.25, -0.2) is 0 Å². The third-order valence-corrected chi connectivity index (χ3v) is 3.79. The molecule has 0 unspecified atom stereocenters. The monoisotopic (exact) mass is 345 g/mol. The molecule has 0 radical (unpaired) electrons. The molecular weight excluding hydrogens is 330 g/mol. The Kier molecular flexibility index (Phi) is 5.67. The van der Waals surface area contributed by atoms with Gasteiger partial charge in [0.1, 0.15) is 0 Å². The van der Waals surface area contributed by atoms with Crippen LogP contribution in [0.3, 0.4) is 0 Å². The van der Waals surface area contributed by atoms with Crippen LogP contribution < -0.4 is 0 Å². The smallest absolute Gasteiger partial charge is 0.253 e. The van der Waals surface area contributed by atoms with Crippen LogP contribution in [0.5, 0.6) is 0 Å². The van der Waals surface area contributed by atoms with Gasteiger partial charge in [0.05, 0.1) is 12.7 Å². The number of hydrogen-bond acceptors (Lipinski definition) is 2. The van der Waals surface area contributed by atoms with E-state index >= 15 is 0 Å². The largest absolute Gasteiger partial charge is 0.377 e. The van der Waals surface area contributed by atoms with Crippen LogP contribution in [-0.2, 0) is 4.74 Å². The van der Waals surface area contributed by atoms with Crippen LogP contribution in [0, 0.1) is 0 Å². The standard InChI is InChI=1S/C14H17BrClNO2/c15-6-9-19-13-4-7-17(8-5-13)14(18)11-2-1-3-12(16)10-11/h1-3,10,13H,4-9H2. The van der Waals surface area contributed by atoms with Gasteiger partial charge in [-0.15, -0.1) is 0 Å². The third kappa shape index (κ3) is 4.20. The summed E-state index contributed by atoms with van der Waals surface area (Å²) >= 11 is 9.26. The van der Waals surface area contributed by atoms with Crippen molar-refractivity contribution in [3.63, 3.8) is 0 Å². The zero-order valence-electron chi connectivity index (χ0n) is 10.6. The number of carbonyl (C=O) groups excluding carboxylic acids is 1. The Bertz CT molecular complexity index is 433. The van der Waals surface area contributed by atoms with E-state index in [9.17, 15) is 4.79 Å². The summed E-state index contributed by atoms with van der Waals surface area (Å²) in [6.07, 6.45) is 2.08. The topological polar surface area (TPSA) is 29.5 Å². The second-order valence-electron chi connectivity index (χ2n) is 4.56. The zero-order valence-corrected chi connectivity index (χ0v) is 13.0. The molecule has 0 atom stereocenters. The molecule has 2 rings (SSSR count). The van der Waals surface area contributed by atoms with Gasteiger partial charge in [0.25, 0.3) is 5.91 Å². The fourth-order valence-corrected chi connectivity index (χ4v) is 2.62. The Balaban J connectivity index is 1.89. The molecule has 1 aliphatic heterocycles. The highest BCUT2D eigenvalue weighted by atomic mass is 79.9. The Hall–Kier alpha value is -0.580. The minimum absolute atomic E-state index is 0.0569. The van der Waals surface area contributed by atoms with Crippen molar-refractivity contribution in [2.75, 3.05) is 25.0 Å². The molecule has 1 heterocycles.